The first-order valence-corrected chi connectivity index (χ1v) is 11.3. The molecule has 2 aromatic heterocycles. The van der Waals surface area contributed by atoms with Gasteiger partial charge in [-0.05, 0) is 44.0 Å². The van der Waals surface area contributed by atoms with Crippen molar-refractivity contribution in [3.63, 3.8) is 0 Å². The molecule has 2 saturated heterocycles. The highest BCUT2D eigenvalue weighted by Crippen LogP contribution is 2.50. The number of ether oxygens (including phenoxy) is 1. The Hall–Kier alpha value is -3.18. The fourth-order valence-electron chi connectivity index (χ4n) is 5.33. The predicted octanol–water partition coefficient (Wildman–Crippen LogP) is 2.76. The Morgan fingerprint density at radius 2 is 1.97 bits per heavy atom. The van der Waals surface area contributed by atoms with Crippen LogP contribution in [0.2, 0.25) is 0 Å². The van der Waals surface area contributed by atoms with E-state index in [4.69, 9.17) is 10.00 Å². The van der Waals surface area contributed by atoms with Crippen molar-refractivity contribution in [3.8, 4) is 17.3 Å². The van der Waals surface area contributed by atoms with Gasteiger partial charge in [0, 0.05) is 68.7 Å². The average molecular weight is 433 g/mol. The number of carbonyl (C=O) groups is 1. The molecule has 8 heteroatoms. The molecule has 4 heterocycles. The van der Waals surface area contributed by atoms with E-state index in [1.807, 2.05) is 36.2 Å². The molecule has 166 valence electrons. The number of hydrogen-bond donors (Lipinski definition) is 0. The lowest BCUT2D eigenvalue weighted by molar-refractivity contribution is -0.100. The molecular weight excluding hydrogens is 404 g/mol. The summed E-state index contributed by atoms with van der Waals surface area (Å²) in [7, 11) is 0. The van der Waals surface area contributed by atoms with Gasteiger partial charge in [0.25, 0.3) is 0 Å². The van der Waals surface area contributed by atoms with Gasteiger partial charge in [-0.2, -0.15) is 5.26 Å². The Labute approximate surface area is 188 Å². The lowest BCUT2D eigenvalue weighted by atomic mass is 9.60. The number of anilines is 1. The summed E-state index contributed by atoms with van der Waals surface area (Å²) in [6.07, 6.45) is 5.62. The van der Waals surface area contributed by atoms with E-state index in [-0.39, 0.29) is 6.09 Å². The minimum absolute atomic E-state index is 0.168. The lowest BCUT2D eigenvalue weighted by Gasteiger charge is -2.61. The summed E-state index contributed by atoms with van der Waals surface area (Å²) in [6.45, 7) is 7.86. The molecule has 0 radical (unpaired) electrons. The second-order valence-corrected chi connectivity index (χ2v) is 9.06. The number of rotatable bonds is 4. The van der Waals surface area contributed by atoms with E-state index in [2.05, 4.69) is 25.8 Å². The molecule has 0 N–H and O–H groups in total. The third kappa shape index (κ3) is 3.78. The van der Waals surface area contributed by atoms with Crippen molar-refractivity contribution >= 4 is 11.9 Å². The Bertz CT molecular complexity index is 1010. The summed E-state index contributed by atoms with van der Waals surface area (Å²) in [5.41, 5.74) is 2.72. The second-order valence-electron chi connectivity index (χ2n) is 9.06. The van der Waals surface area contributed by atoms with Gasteiger partial charge < -0.3 is 14.5 Å². The molecule has 32 heavy (non-hydrogen) atoms. The van der Waals surface area contributed by atoms with Crippen molar-refractivity contribution in [1.29, 1.82) is 5.26 Å². The van der Waals surface area contributed by atoms with Crippen molar-refractivity contribution in [2.75, 3.05) is 50.8 Å². The summed E-state index contributed by atoms with van der Waals surface area (Å²) >= 11 is 0. The fraction of sp³-hybridized carbons (Fsp3) is 0.500. The number of piperazine rings is 1. The van der Waals surface area contributed by atoms with Gasteiger partial charge in [0.2, 0.25) is 0 Å². The van der Waals surface area contributed by atoms with Crippen molar-refractivity contribution in [2.45, 2.75) is 25.8 Å². The molecule has 0 aromatic carbocycles. The van der Waals surface area contributed by atoms with Gasteiger partial charge in [0.1, 0.15) is 11.9 Å². The molecule has 0 atom stereocenters. The molecule has 3 fully saturated rings. The summed E-state index contributed by atoms with van der Waals surface area (Å²) < 4.78 is 5.10. The molecule has 0 bridgehead atoms. The number of nitriles is 1. The van der Waals surface area contributed by atoms with Gasteiger partial charge >= 0.3 is 6.09 Å². The highest BCUT2D eigenvalue weighted by molar-refractivity contribution is 5.73. The zero-order chi connectivity index (χ0) is 22.1. The van der Waals surface area contributed by atoms with Crippen molar-refractivity contribution in [1.82, 2.24) is 19.8 Å². The minimum atomic E-state index is -0.168. The zero-order valence-corrected chi connectivity index (χ0v) is 18.4. The predicted molar refractivity (Wildman–Crippen MR) is 120 cm³/mol. The number of aromatic nitrogens is 2. The topological polar surface area (TPSA) is 85.6 Å². The summed E-state index contributed by atoms with van der Waals surface area (Å²) in [5.74, 6) is 0.957. The van der Waals surface area contributed by atoms with Crippen LogP contribution < -0.4 is 4.90 Å². The van der Waals surface area contributed by atoms with E-state index in [0.29, 0.717) is 23.6 Å². The standard InChI is InChI=1S/C24H28N6O2/c1-2-32-23(31)30-16-24(17-30)12-19(13-24)28-8-10-29(11-9-28)22-20(4-3-7-26-22)21-6-5-18(14-25)15-27-21/h3-7,15,19H,2,8-13,16-17H2,1H3. The number of likely N-dealkylation sites (tertiary alicyclic amines) is 1. The normalized spacial score (nSPS) is 20.4. The van der Waals surface area contributed by atoms with E-state index in [0.717, 1.165) is 56.3 Å². The van der Waals surface area contributed by atoms with Gasteiger partial charge in [-0.25, -0.2) is 9.78 Å². The Kier molecular flexibility index (Phi) is 5.43. The lowest BCUT2D eigenvalue weighted by Crippen LogP contribution is -2.68. The average Bonchev–Trinajstić information content (AvgIpc) is 2.78. The first-order chi connectivity index (χ1) is 15.6. The van der Waals surface area contributed by atoms with Crippen LogP contribution in [0.25, 0.3) is 11.3 Å². The molecule has 8 nitrogen and oxygen atoms in total. The Morgan fingerprint density at radius 1 is 1.19 bits per heavy atom. The van der Waals surface area contributed by atoms with E-state index < -0.39 is 0 Å². The van der Waals surface area contributed by atoms with Gasteiger partial charge in [-0.1, -0.05) is 0 Å². The zero-order valence-electron chi connectivity index (χ0n) is 18.4. The van der Waals surface area contributed by atoms with E-state index in [9.17, 15) is 4.79 Å². The number of hydrogen-bond acceptors (Lipinski definition) is 7. The van der Waals surface area contributed by atoms with Crippen LogP contribution in [-0.2, 0) is 4.74 Å². The SMILES string of the molecule is CCOC(=O)N1CC2(CC(N3CCN(c4ncccc4-c4ccc(C#N)cn4)CC3)C2)C1. The van der Waals surface area contributed by atoms with Crippen LogP contribution in [0, 0.1) is 16.7 Å². The monoisotopic (exact) mass is 432 g/mol. The molecular formula is C24H28N6O2. The van der Waals surface area contributed by atoms with Gasteiger partial charge in [-0.3, -0.25) is 9.88 Å². The number of pyridine rings is 2. The van der Waals surface area contributed by atoms with Crippen molar-refractivity contribution in [2.24, 2.45) is 5.41 Å². The van der Waals surface area contributed by atoms with Crippen LogP contribution >= 0.6 is 0 Å². The summed E-state index contributed by atoms with van der Waals surface area (Å²) in [4.78, 5) is 27.7. The van der Waals surface area contributed by atoms with Crippen LogP contribution in [0.15, 0.2) is 36.7 Å². The van der Waals surface area contributed by atoms with E-state index in [1.54, 1.807) is 12.3 Å². The molecule has 1 spiro atoms. The summed E-state index contributed by atoms with van der Waals surface area (Å²) in [5, 5.41) is 9.02. The molecule has 2 aromatic rings. The Balaban J connectivity index is 1.16. The second kappa shape index (κ2) is 8.40. The van der Waals surface area contributed by atoms with Gasteiger partial charge in [0.05, 0.1) is 17.9 Å². The third-order valence-electron chi connectivity index (χ3n) is 7.00. The molecule has 1 amide bonds. The highest BCUT2D eigenvalue weighted by Gasteiger charge is 2.55. The minimum Gasteiger partial charge on any atom is -0.450 e. The quantitative estimate of drug-likeness (QED) is 0.734. The van der Waals surface area contributed by atoms with Gasteiger partial charge in [-0.15, -0.1) is 0 Å². The van der Waals surface area contributed by atoms with Gasteiger partial charge in [0.15, 0.2) is 0 Å². The molecule has 5 rings (SSSR count). The molecule has 2 aliphatic heterocycles. The maximum absolute atomic E-state index is 11.8. The van der Waals surface area contributed by atoms with Crippen molar-refractivity contribution in [3.05, 3.63) is 42.2 Å². The smallest absolute Gasteiger partial charge is 0.409 e. The first-order valence-electron chi connectivity index (χ1n) is 11.3. The molecule has 1 aliphatic carbocycles. The van der Waals surface area contributed by atoms with E-state index in [1.165, 1.54) is 12.8 Å². The van der Waals surface area contributed by atoms with Crippen LogP contribution in [-0.4, -0.2) is 77.8 Å². The van der Waals surface area contributed by atoms with Crippen LogP contribution in [0.1, 0.15) is 25.3 Å². The first kappa shape index (κ1) is 20.7. The van der Waals surface area contributed by atoms with E-state index >= 15 is 0 Å². The number of carbonyl (C=O) groups excluding carboxylic acids is 1. The van der Waals surface area contributed by atoms with Crippen LogP contribution in [0.4, 0.5) is 10.6 Å². The molecule has 3 aliphatic rings. The van der Waals surface area contributed by atoms with Crippen LogP contribution in [0.5, 0.6) is 0 Å². The molecule has 0 unspecified atom stereocenters. The maximum atomic E-state index is 11.8. The Morgan fingerprint density at radius 3 is 2.62 bits per heavy atom. The molecule has 1 saturated carbocycles. The highest BCUT2D eigenvalue weighted by atomic mass is 16.6. The number of nitrogens with zero attached hydrogens (tertiary/aromatic N) is 6. The maximum Gasteiger partial charge on any atom is 0.409 e. The fourth-order valence-corrected chi connectivity index (χ4v) is 5.33. The third-order valence-corrected chi connectivity index (χ3v) is 7.00. The van der Waals surface area contributed by atoms with Crippen LogP contribution in [0.3, 0.4) is 0 Å². The number of amides is 1. The van der Waals surface area contributed by atoms with Crippen molar-refractivity contribution < 1.29 is 9.53 Å². The largest absolute Gasteiger partial charge is 0.450 e. The summed E-state index contributed by atoms with van der Waals surface area (Å²) in [6, 6.07) is 10.4.